The fraction of sp³-hybridized carbons (Fsp3) is 0.316. The first-order valence-corrected chi connectivity index (χ1v) is 8.03. The van der Waals surface area contributed by atoms with Crippen LogP contribution in [0.2, 0.25) is 0 Å². The number of carbonyl (C=O) groups excluding carboxylic acids is 1. The van der Waals surface area contributed by atoms with Crippen molar-refractivity contribution in [2.75, 3.05) is 34.0 Å². The van der Waals surface area contributed by atoms with Crippen LogP contribution in [0.5, 0.6) is 23.0 Å². The molecule has 0 aliphatic carbocycles. The van der Waals surface area contributed by atoms with Crippen LogP contribution in [0.15, 0.2) is 48.5 Å². The molecular formula is C19H23NO5. The van der Waals surface area contributed by atoms with E-state index in [-0.39, 0.29) is 12.3 Å². The van der Waals surface area contributed by atoms with Crippen LogP contribution < -0.4 is 24.3 Å². The number of nitrogens with one attached hydrogen (secondary N) is 1. The van der Waals surface area contributed by atoms with E-state index in [0.29, 0.717) is 37.0 Å². The third-order valence-electron chi connectivity index (χ3n) is 3.39. The molecule has 0 aromatic heterocycles. The van der Waals surface area contributed by atoms with Crippen molar-refractivity contribution in [3.63, 3.8) is 0 Å². The lowest BCUT2D eigenvalue weighted by atomic mass is 10.3. The smallest absolute Gasteiger partial charge is 0.223 e. The van der Waals surface area contributed by atoms with E-state index in [9.17, 15) is 4.79 Å². The molecule has 0 aliphatic rings. The summed E-state index contributed by atoms with van der Waals surface area (Å²) in [7, 11) is 3.12. The number of benzene rings is 2. The van der Waals surface area contributed by atoms with Crippen molar-refractivity contribution in [3.8, 4) is 23.0 Å². The summed E-state index contributed by atoms with van der Waals surface area (Å²) in [5.74, 6) is 2.37. The van der Waals surface area contributed by atoms with E-state index < -0.39 is 0 Å². The van der Waals surface area contributed by atoms with Crippen molar-refractivity contribution in [1.82, 2.24) is 5.32 Å². The molecule has 2 aromatic carbocycles. The molecule has 0 saturated heterocycles. The maximum atomic E-state index is 11.8. The molecule has 0 unspecified atom stereocenters. The van der Waals surface area contributed by atoms with Gasteiger partial charge in [0.15, 0.2) is 11.5 Å². The Labute approximate surface area is 147 Å². The number of para-hydroxylation sites is 2. The van der Waals surface area contributed by atoms with Crippen molar-refractivity contribution < 1.29 is 23.7 Å². The van der Waals surface area contributed by atoms with E-state index in [1.54, 1.807) is 26.4 Å². The molecule has 1 amide bonds. The van der Waals surface area contributed by atoms with Gasteiger partial charge in [-0.05, 0) is 24.3 Å². The van der Waals surface area contributed by atoms with Gasteiger partial charge in [0.25, 0.3) is 0 Å². The zero-order chi connectivity index (χ0) is 17.9. The summed E-state index contributed by atoms with van der Waals surface area (Å²) < 4.78 is 21.6. The number of carbonyl (C=O) groups is 1. The lowest BCUT2D eigenvalue weighted by Gasteiger charge is -2.13. The molecule has 6 nitrogen and oxygen atoms in total. The van der Waals surface area contributed by atoms with Gasteiger partial charge >= 0.3 is 0 Å². The normalized spacial score (nSPS) is 10.0. The van der Waals surface area contributed by atoms with Crippen LogP contribution >= 0.6 is 0 Å². The van der Waals surface area contributed by atoms with E-state index >= 15 is 0 Å². The van der Waals surface area contributed by atoms with E-state index in [1.165, 1.54) is 0 Å². The maximum Gasteiger partial charge on any atom is 0.223 e. The standard InChI is InChI=1S/C19H23NO5/c1-22-16-9-6-10-17(19(16)23-2)25-14-12-20-18(21)11-13-24-15-7-4-3-5-8-15/h3-10H,11-14H2,1-2H3,(H,20,21). The lowest BCUT2D eigenvalue weighted by Crippen LogP contribution is -2.29. The lowest BCUT2D eigenvalue weighted by molar-refractivity contribution is -0.121. The molecular weight excluding hydrogens is 322 g/mol. The highest BCUT2D eigenvalue weighted by Crippen LogP contribution is 2.36. The summed E-state index contributed by atoms with van der Waals surface area (Å²) in [6, 6.07) is 14.8. The first-order valence-electron chi connectivity index (χ1n) is 8.03. The van der Waals surface area contributed by atoms with Crippen molar-refractivity contribution >= 4 is 5.91 Å². The summed E-state index contributed by atoms with van der Waals surface area (Å²) in [5, 5.41) is 2.79. The largest absolute Gasteiger partial charge is 0.493 e. The van der Waals surface area contributed by atoms with Crippen LogP contribution in [-0.2, 0) is 4.79 Å². The van der Waals surface area contributed by atoms with Crippen LogP contribution in [0.3, 0.4) is 0 Å². The SMILES string of the molecule is COc1cccc(OCCNC(=O)CCOc2ccccc2)c1OC. The number of rotatable bonds is 10. The third kappa shape index (κ3) is 5.91. The van der Waals surface area contributed by atoms with Crippen LogP contribution in [0.1, 0.15) is 6.42 Å². The highest BCUT2D eigenvalue weighted by Gasteiger charge is 2.10. The first kappa shape index (κ1) is 18.4. The second-order valence-corrected chi connectivity index (χ2v) is 5.10. The minimum Gasteiger partial charge on any atom is -0.493 e. The molecule has 2 rings (SSSR count). The monoisotopic (exact) mass is 345 g/mol. The molecule has 0 heterocycles. The van der Waals surface area contributed by atoms with Gasteiger partial charge in [0.2, 0.25) is 11.7 Å². The Morgan fingerprint density at radius 3 is 2.36 bits per heavy atom. The number of amides is 1. The predicted octanol–water partition coefficient (Wildman–Crippen LogP) is 2.67. The second-order valence-electron chi connectivity index (χ2n) is 5.10. The van der Waals surface area contributed by atoms with Crippen molar-refractivity contribution in [2.24, 2.45) is 0 Å². The van der Waals surface area contributed by atoms with Crippen molar-refractivity contribution in [2.45, 2.75) is 6.42 Å². The zero-order valence-electron chi connectivity index (χ0n) is 14.5. The van der Waals surface area contributed by atoms with Gasteiger partial charge in [-0.2, -0.15) is 0 Å². The molecule has 6 heteroatoms. The molecule has 0 spiro atoms. The number of methoxy groups -OCH3 is 2. The molecule has 0 radical (unpaired) electrons. The van der Waals surface area contributed by atoms with E-state index in [0.717, 1.165) is 5.75 Å². The highest BCUT2D eigenvalue weighted by molar-refractivity contribution is 5.75. The fourth-order valence-electron chi connectivity index (χ4n) is 2.19. The maximum absolute atomic E-state index is 11.8. The molecule has 2 aromatic rings. The van der Waals surface area contributed by atoms with Gasteiger partial charge in [0.1, 0.15) is 12.4 Å². The molecule has 0 aliphatic heterocycles. The van der Waals surface area contributed by atoms with Crippen molar-refractivity contribution in [3.05, 3.63) is 48.5 Å². The van der Waals surface area contributed by atoms with Crippen LogP contribution in [0.25, 0.3) is 0 Å². The number of hydrogen-bond acceptors (Lipinski definition) is 5. The van der Waals surface area contributed by atoms with Crippen molar-refractivity contribution in [1.29, 1.82) is 0 Å². The Bertz CT molecular complexity index is 660. The summed E-state index contributed by atoms with van der Waals surface area (Å²) in [5.41, 5.74) is 0. The van der Waals surface area contributed by atoms with Gasteiger partial charge in [-0.15, -0.1) is 0 Å². The van der Waals surface area contributed by atoms with E-state index in [2.05, 4.69) is 5.32 Å². The Hall–Kier alpha value is -2.89. The van der Waals surface area contributed by atoms with Gasteiger partial charge < -0.3 is 24.3 Å². The van der Waals surface area contributed by atoms with Crippen LogP contribution in [-0.4, -0.2) is 39.9 Å². The predicted molar refractivity (Wildman–Crippen MR) is 94.6 cm³/mol. The van der Waals surface area contributed by atoms with Crippen LogP contribution in [0.4, 0.5) is 0 Å². The minimum atomic E-state index is -0.0860. The molecule has 25 heavy (non-hydrogen) atoms. The second kappa shape index (κ2) is 10.1. The molecule has 134 valence electrons. The summed E-state index contributed by atoms with van der Waals surface area (Å²) in [6.07, 6.45) is 0.289. The Morgan fingerprint density at radius 1 is 0.880 bits per heavy atom. The first-order chi connectivity index (χ1) is 12.2. The minimum absolute atomic E-state index is 0.0860. The van der Waals surface area contributed by atoms with E-state index in [1.807, 2.05) is 36.4 Å². The molecule has 0 bridgehead atoms. The highest BCUT2D eigenvalue weighted by atomic mass is 16.5. The topological polar surface area (TPSA) is 66.0 Å². The molecule has 0 fully saturated rings. The third-order valence-corrected chi connectivity index (χ3v) is 3.39. The molecule has 0 atom stereocenters. The summed E-state index contributed by atoms with van der Waals surface area (Å²) >= 11 is 0. The Kier molecular flexibility index (Phi) is 7.43. The molecule has 1 N–H and O–H groups in total. The summed E-state index contributed by atoms with van der Waals surface area (Å²) in [6.45, 7) is 1.06. The Balaban J connectivity index is 1.66. The quantitative estimate of drug-likeness (QED) is 0.671. The van der Waals surface area contributed by atoms with Gasteiger partial charge in [-0.3, -0.25) is 4.79 Å². The zero-order valence-corrected chi connectivity index (χ0v) is 14.5. The van der Waals surface area contributed by atoms with E-state index in [4.69, 9.17) is 18.9 Å². The van der Waals surface area contributed by atoms with Crippen LogP contribution in [0, 0.1) is 0 Å². The van der Waals surface area contributed by atoms with Gasteiger partial charge in [0.05, 0.1) is 33.8 Å². The average Bonchev–Trinajstić information content (AvgIpc) is 2.65. The van der Waals surface area contributed by atoms with Gasteiger partial charge in [0, 0.05) is 0 Å². The number of ether oxygens (including phenoxy) is 4. The average molecular weight is 345 g/mol. The molecule has 0 saturated carbocycles. The number of hydrogen-bond donors (Lipinski definition) is 1. The Morgan fingerprint density at radius 2 is 1.64 bits per heavy atom. The fourth-order valence-corrected chi connectivity index (χ4v) is 2.19. The summed E-state index contributed by atoms with van der Waals surface area (Å²) in [4.78, 5) is 11.8. The van der Waals surface area contributed by atoms with Gasteiger partial charge in [-0.25, -0.2) is 0 Å². The van der Waals surface area contributed by atoms with Gasteiger partial charge in [-0.1, -0.05) is 24.3 Å².